The van der Waals surface area contributed by atoms with Gasteiger partial charge in [-0.1, -0.05) is 54.6 Å². The third kappa shape index (κ3) is 1.98. The Morgan fingerprint density at radius 1 is 0.667 bits per heavy atom. The predicted octanol–water partition coefficient (Wildman–Crippen LogP) is 4.86. The molecular weight excluding hydrogens is 298 g/mol. The molecule has 24 heavy (non-hydrogen) atoms. The van der Waals surface area contributed by atoms with Crippen molar-refractivity contribution in [1.29, 1.82) is 0 Å². The molecule has 1 N–H and O–H groups in total. The number of ether oxygens (including phenoxy) is 1. The number of benzene rings is 3. The van der Waals surface area contributed by atoms with Crippen LogP contribution in [0.15, 0.2) is 78.5 Å². The Hall–Kier alpha value is -3.20. The smallest absolute Gasteiger partial charge is 0.162 e. The summed E-state index contributed by atoms with van der Waals surface area (Å²) in [5, 5.41) is 0. The van der Waals surface area contributed by atoms with Gasteiger partial charge >= 0.3 is 0 Å². The Balaban J connectivity index is 1.70. The number of hydrogen-bond donors (Lipinski definition) is 1. The van der Waals surface area contributed by atoms with Gasteiger partial charge in [-0.25, -0.2) is 5.48 Å². The minimum atomic E-state index is 0.0551. The van der Waals surface area contributed by atoms with Gasteiger partial charge in [-0.2, -0.15) is 0 Å². The van der Waals surface area contributed by atoms with Crippen molar-refractivity contribution < 1.29 is 9.57 Å². The molecular formula is C21H15NO2. The first-order chi connectivity index (χ1) is 11.9. The molecule has 0 saturated heterocycles. The van der Waals surface area contributed by atoms with Crippen LogP contribution in [0.3, 0.4) is 0 Å². The predicted molar refractivity (Wildman–Crippen MR) is 93.0 cm³/mol. The Morgan fingerprint density at radius 3 is 1.96 bits per heavy atom. The Labute approximate surface area is 140 Å². The van der Waals surface area contributed by atoms with Gasteiger partial charge in [0.15, 0.2) is 5.75 Å². The van der Waals surface area contributed by atoms with Crippen molar-refractivity contribution in [1.82, 2.24) is 5.48 Å². The van der Waals surface area contributed by atoms with E-state index in [9.17, 15) is 0 Å². The summed E-state index contributed by atoms with van der Waals surface area (Å²) in [6.07, 6.45) is 2.16. The first-order valence-corrected chi connectivity index (χ1v) is 7.99. The van der Waals surface area contributed by atoms with E-state index in [4.69, 9.17) is 9.57 Å². The average molecular weight is 313 g/mol. The van der Waals surface area contributed by atoms with Crippen molar-refractivity contribution in [2.45, 2.75) is 5.92 Å². The van der Waals surface area contributed by atoms with Crippen LogP contribution >= 0.6 is 0 Å². The normalized spacial score (nSPS) is 14.9. The van der Waals surface area contributed by atoms with Crippen LogP contribution in [-0.4, -0.2) is 0 Å². The molecule has 0 radical (unpaired) electrons. The fraction of sp³-hybridized carbons (Fsp3) is 0.0476. The fourth-order valence-electron chi connectivity index (χ4n) is 3.39. The zero-order valence-electron chi connectivity index (χ0n) is 12.9. The molecule has 0 amide bonds. The van der Waals surface area contributed by atoms with Crippen LogP contribution < -0.4 is 15.1 Å². The van der Waals surface area contributed by atoms with Gasteiger partial charge in [-0.15, -0.1) is 0 Å². The Bertz CT molecular complexity index is 916. The first-order valence-electron chi connectivity index (χ1n) is 7.99. The molecule has 3 aromatic carbocycles. The molecule has 0 saturated carbocycles. The second-order valence-corrected chi connectivity index (χ2v) is 5.95. The summed E-state index contributed by atoms with van der Waals surface area (Å²) in [6, 6.07) is 24.3. The molecule has 0 bridgehead atoms. The highest BCUT2D eigenvalue weighted by Crippen LogP contribution is 2.47. The molecule has 0 fully saturated rings. The zero-order valence-corrected chi connectivity index (χ0v) is 12.9. The maximum atomic E-state index is 6.07. The van der Waals surface area contributed by atoms with Crippen molar-refractivity contribution in [3.8, 4) is 17.2 Å². The SMILES string of the molecule is C1=C(C2c3ccccc3Oc3ccccc32)NOc2ccccc21. The van der Waals surface area contributed by atoms with E-state index >= 15 is 0 Å². The minimum Gasteiger partial charge on any atom is -0.457 e. The summed E-state index contributed by atoms with van der Waals surface area (Å²) in [7, 11) is 0. The van der Waals surface area contributed by atoms with E-state index in [1.165, 1.54) is 0 Å². The highest BCUT2D eigenvalue weighted by molar-refractivity contribution is 5.67. The lowest BCUT2D eigenvalue weighted by Crippen LogP contribution is -2.27. The molecule has 3 nitrogen and oxygen atoms in total. The second-order valence-electron chi connectivity index (χ2n) is 5.95. The summed E-state index contributed by atoms with van der Waals surface area (Å²) < 4.78 is 6.07. The highest BCUT2D eigenvalue weighted by Gasteiger charge is 2.31. The largest absolute Gasteiger partial charge is 0.457 e. The van der Waals surface area contributed by atoms with Gasteiger partial charge in [0.1, 0.15) is 11.5 Å². The van der Waals surface area contributed by atoms with E-state index in [0.717, 1.165) is 39.6 Å². The monoisotopic (exact) mass is 313 g/mol. The minimum absolute atomic E-state index is 0.0551. The van der Waals surface area contributed by atoms with Crippen molar-refractivity contribution in [3.05, 3.63) is 95.2 Å². The molecule has 2 heterocycles. The molecule has 3 aromatic rings. The third-order valence-corrected chi connectivity index (χ3v) is 4.50. The molecule has 0 aromatic heterocycles. The van der Waals surface area contributed by atoms with Crippen LogP contribution in [-0.2, 0) is 0 Å². The van der Waals surface area contributed by atoms with E-state index in [1.807, 2.05) is 54.6 Å². The molecule has 0 aliphatic carbocycles. The fourth-order valence-corrected chi connectivity index (χ4v) is 3.39. The van der Waals surface area contributed by atoms with Crippen molar-refractivity contribution in [3.63, 3.8) is 0 Å². The van der Waals surface area contributed by atoms with E-state index in [2.05, 4.69) is 29.8 Å². The van der Waals surface area contributed by atoms with Crippen LogP contribution in [0.25, 0.3) is 6.08 Å². The van der Waals surface area contributed by atoms with Crippen LogP contribution in [0.2, 0.25) is 0 Å². The van der Waals surface area contributed by atoms with E-state index in [-0.39, 0.29) is 5.92 Å². The van der Waals surface area contributed by atoms with Gasteiger partial charge in [0.05, 0.1) is 11.6 Å². The van der Waals surface area contributed by atoms with E-state index in [1.54, 1.807) is 0 Å². The van der Waals surface area contributed by atoms with Crippen LogP contribution in [0.4, 0.5) is 0 Å². The highest BCUT2D eigenvalue weighted by atomic mass is 16.6. The number of nitrogens with one attached hydrogen (secondary N) is 1. The number of rotatable bonds is 1. The lowest BCUT2D eigenvalue weighted by atomic mass is 9.84. The van der Waals surface area contributed by atoms with Gasteiger partial charge < -0.3 is 9.57 Å². The standard InChI is InChI=1S/C21H15NO2/c1-4-10-18-14(7-1)13-17(22-24-18)21-15-8-2-5-11-19(15)23-20-12-6-3-9-16(20)21/h1-13,21-22H. The van der Waals surface area contributed by atoms with Crippen molar-refractivity contribution >= 4 is 6.08 Å². The average Bonchev–Trinajstić information content (AvgIpc) is 2.65. The molecule has 116 valence electrons. The molecule has 2 aliphatic rings. The second kappa shape index (κ2) is 5.17. The summed E-state index contributed by atoms with van der Waals surface area (Å²) in [4.78, 5) is 5.76. The lowest BCUT2D eigenvalue weighted by molar-refractivity contribution is 0.218. The zero-order chi connectivity index (χ0) is 15.9. The number of fused-ring (bicyclic) bond motifs is 3. The molecule has 3 heteroatoms. The summed E-state index contributed by atoms with van der Waals surface area (Å²) in [5.41, 5.74) is 7.49. The number of hydroxylamine groups is 1. The number of para-hydroxylation sites is 3. The first kappa shape index (κ1) is 13.3. The van der Waals surface area contributed by atoms with E-state index in [0.29, 0.717) is 0 Å². The van der Waals surface area contributed by atoms with Gasteiger partial charge in [-0.05, 0) is 24.3 Å². The van der Waals surface area contributed by atoms with Crippen LogP contribution in [0, 0.1) is 0 Å². The van der Waals surface area contributed by atoms with E-state index < -0.39 is 0 Å². The van der Waals surface area contributed by atoms with Gasteiger partial charge in [0, 0.05) is 16.7 Å². The van der Waals surface area contributed by atoms with Gasteiger partial charge in [0.25, 0.3) is 0 Å². The Kier molecular flexibility index (Phi) is 2.85. The third-order valence-electron chi connectivity index (χ3n) is 4.50. The van der Waals surface area contributed by atoms with Gasteiger partial charge in [-0.3, -0.25) is 0 Å². The Morgan fingerprint density at radius 2 is 1.25 bits per heavy atom. The molecule has 2 aliphatic heterocycles. The topological polar surface area (TPSA) is 30.5 Å². The van der Waals surface area contributed by atoms with Crippen LogP contribution in [0.1, 0.15) is 22.6 Å². The lowest BCUT2D eigenvalue weighted by Gasteiger charge is -2.31. The van der Waals surface area contributed by atoms with Crippen molar-refractivity contribution in [2.24, 2.45) is 0 Å². The van der Waals surface area contributed by atoms with Gasteiger partial charge in [0.2, 0.25) is 0 Å². The molecule has 0 atom stereocenters. The summed E-state index contributed by atoms with van der Waals surface area (Å²) in [6.45, 7) is 0. The summed E-state index contributed by atoms with van der Waals surface area (Å²) in [5.74, 6) is 2.68. The van der Waals surface area contributed by atoms with Crippen molar-refractivity contribution in [2.75, 3.05) is 0 Å². The number of hydrogen-bond acceptors (Lipinski definition) is 3. The number of allylic oxidation sites excluding steroid dienone is 1. The van der Waals surface area contributed by atoms with Crippen LogP contribution in [0.5, 0.6) is 17.2 Å². The quantitative estimate of drug-likeness (QED) is 0.696. The molecule has 0 spiro atoms. The maximum Gasteiger partial charge on any atom is 0.162 e. The maximum absolute atomic E-state index is 6.07. The molecule has 5 rings (SSSR count). The molecule has 0 unspecified atom stereocenters. The summed E-state index contributed by atoms with van der Waals surface area (Å²) >= 11 is 0.